The lowest BCUT2D eigenvalue weighted by Gasteiger charge is -2.09. The molecule has 1 atom stereocenters. The van der Waals surface area contributed by atoms with E-state index in [1.807, 2.05) is 6.92 Å². The van der Waals surface area contributed by atoms with Crippen molar-refractivity contribution >= 4 is 5.91 Å². The highest BCUT2D eigenvalue weighted by Gasteiger charge is 2.07. The maximum Gasteiger partial charge on any atom is 0.252 e. The first-order valence-electron chi connectivity index (χ1n) is 5.27. The lowest BCUT2D eigenvalue weighted by molar-refractivity contribution is 0.0951. The van der Waals surface area contributed by atoms with Gasteiger partial charge in [0, 0.05) is 18.8 Å². The van der Waals surface area contributed by atoms with Crippen LogP contribution >= 0.6 is 0 Å². The van der Waals surface area contributed by atoms with Gasteiger partial charge in [-0.3, -0.25) is 9.78 Å². The molecule has 0 aliphatic heterocycles. The molecular weight excluding hydrogens is 209 g/mol. The maximum atomic E-state index is 12.8. The van der Waals surface area contributed by atoms with Crippen LogP contribution in [0.15, 0.2) is 18.5 Å². The zero-order valence-corrected chi connectivity index (χ0v) is 9.24. The predicted molar refractivity (Wildman–Crippen MR) is 59.4 cm³/mol. The number of carbonyl (C=O) groups is 1. The average molecular weight is 225 g/mol. The smallest absolute Gasteiger partial charge is 0.252 e. The first-order chi connectivity index (χ1) is 7.63. The second-order valence-corrected chi connectivity index (χ2v) is 3.60. The Morgan fingerprint density at radius 1 is 1.62 bits per heavy atom. The molecule has 1 unspecified atom stereocenters. The van der Waals surface area contributed by atoms with E-state index in [1.165, 1.54) is 6.20 Å². The van der Waals surface area contributed by atoms with Crippen LogP contribution in [0.2, 0.25) is 0 Å². The van der Waals surface area contributed by atoms with Gasteiger partial charge in [-0.1, -0.05) is 6.92 Å². The quantitative estimate of drug-likeness (QED) is 0.787. The third-order valence-corrected chi connectivity index (χ3v) is 2.29. The summed E-state index contributed by atoms with van der Waals surface area (Å²) in [6.07, 6.45) is 3.98. The Morgan fingerprint density at radius 2 is 2.38 bits per heavy atom. The molecular formula is C11H16FN3O. The number of nitrogens with two attached hydrogens (primary N) is 1. The topological polar surface area (TPSA) is 68.0 Å². The summed E-state index contributed by atoms with van der Waals surface area (Å²) in [7, 11) is 0. The largest absolute Gasteiger partial charge is 0.352 e. The van der Waals surface area contributed by atoms with Crippen molar-refractivity contribution in [3.05, 3.63) is 29.8 Å². The Morgan fingerprint density at radius 3 is 3.00 bits per heavy atom. The number of amides is 1. The number of carbonyl (C=O) groups excluding carboxylic acids is 1. The third-order valence-electron chi connectivity index (χ3n) is 2.29. The van der Waals surface area contributed by atoms with Crippen LogP contribution in [0.1, 0.15) is 30.1 Å². The van der Waals surface area contributed by atoms with Crippen LogP contribution in [0.3, 0.4) is 0 Å². The van der Waals surface area contributed by atoms with Crippen LogP contribution in [0.4, 0.5) is 4.39 Å². The van der Waals surface area contributed by atoms with Crippen LogP contribution in [-0.4, -0.2) is 23.5 Å². The Hall–Kier alpha value is -1.49. The molecule has 3 N–H and O–H groups in total. The molecule has 4 nitrogen and oxygen atoms in total. The molecule has 1 aromatic heterocycles. The molecule has 0 fully saturated rings. The average Bonchev–Trinajstić information content (AvgIpc) is 2.28. The second kappa shape index (κ2) is 6.17. The van der Waals surface area contributed by atoms with Gasteiger partial charge < -0.3 is 11.1 Å². The van der Waals surface area contributed by atoms with E-state index in [0.29, 0.717) is 13.0 Å². The monoisotopic (exact) mass is 225 g/mol. The van der Waals surface area contributed by atoms with Crippen molar-refractivity contribution in [2.45, 2.75) is 25.8 Å². The predicted octanol–water partition coefficient (Wildman–Crippen LogP) is 1.08. The van der Waals surface area contributed by atoms with E-state index in [1.54, 1.807) is 0 Å². The minimum absolute atomic E-state index is 0.0888. The number of rotatable bonds is 5. The van der Waals surface area contributed by atoms with Crippen molar-refractivity contribution in [3.8, 4) is 0 Å². The summed E-state index contributed by atoms with van der Waals surface area (Å²) < 4.78 is 12.8. The van der Waals surface area contributed by atoms with Crippen molar-refractivity contribution < 1.29 is 9.18 Å². The van der Waals surface area contributed by atoms with Gasteiger partial charge in [-0.2, -0.15) is 0 Å². The van der Waals surface area contributed by atoms with Gasteiger partial charge in [0.1, 0.15) is 5.82 Å². The number of pyridine rings is 1. The zero-order valence-electron chi connectivity index (χ0n) is 9.24. The number of hydrogen-bond acceptors (Lipinski definition) is 3. The van der Waals surface area contributed by atoms with E-state index in [-0.39, 0.29) is 17.5 Å². The van der Waals surface area contributed by atoms with Gasteiger partial charge in [-0.05, 0) is 18.9 Å². The standard InChI is InChI=1S/C11H16FN3O/c1-2-10(13)3-4-15-11(16)8-5-9(12)7-14-6-8/h5-7,10H,2-4,13H2,1H3,(H,15,16). The van der Waals surface area contributed by atoms with Crippen LogP contribution < -0.4 is 11.1 Å². The van der Waals surface area contributed by atoms with E-state index >= 15 is 0 Å². The van der Waals surface area contributed by atoms with Crippen molar-refractivity contribution in [2.24, 2.45) is 5.73 Å². The molecule has 1 aromatic rings. The fourth-order valence-corrected chi connectivity index (χ4v) is 1.21. The Kier molecular flexibility index (Phi) is 4.85. The normalized spacial score (nSPS) is 12.2. The summed E-state index contributed by atoms with van der Waals surface area (Å²) in [5.74, 6) is -0.840. The SMILES string of the molecule is CCC(N)CCNC(=O)c1cncc(F)c1. The van der Waals surface area contributed by atoms with Crippen molar-refractivity contribution in [3.63, 3.8) is 0 Å². The highest BCUT2D eigenvalue weighted by molar-refractivity contribution is 5.93. The molecule has 0 saturated carbocycles. The molecule has 0 aliphatic rings. The highest BCUT2D eigenvalue weighted by atomic mass is 19.1. The number of nitrogens with zero attached hydrogens (tertiary/aromatic N) is 1. The van der Waals surface area contributed by atoms with Gasteiger partial charge in [0.2, 0.25) is 0 Å². The van der Waals surface area contributed by atoms with Crippen LogP contribution in [0, 0.1) is 5.82 Å². The van der Waals surface area contributed by atoms with E-state index in [2.05, 4.69) is 10.3 Å². The molecule has 1 rings (SSSR count). The molecule has 1 heterocycles. The molecule has 16 heavy (non-hydrogen) atoms. The molecule has 0 radical (unpaired) electrons. The molecule has 0 aromatic carbocycles. The van der Waals surface area contributed by atoms with Crippen LogP contribution in [0.5, 0.6) is 0 Å². The molecule has 1 amide bonds. The Labute approximate surface area is 94.1 Å². The number of aromatic nitrogens is 1. The number of nitrogens with one attached hydrogen (secondary N) is 1. The van der Waals surface area contributed by atoms with Crippen LogP contribution in [-0.2, 0) is 0 Å². The second-order valence-electron chi connectivity index (χ2n) is 3.60. The van der Waals surface area contributed by atoms with Crippen molar-refractivity contribution in [1.82, 2.24) is 10.3 Å². The zero-order chi connectivity index (χ0) is 12.0. The summed E-state index contributed by atoms with van der Waals surface area (Å²) in [6, 6.07) is 1.24. The number of hydrogen-bond donors (Lipinski definition) is 2. The maximum absolute atomic E-state index is 12.8. The Balaban J connectivity index is 2.41. The molecule has 0 bridgehead atoms. The molecule has 88 valence electrons. The molecule has 0 saturated heterocycles. The first kappa shape index (κ1) is 12.6. The summed E-state index contributed by atoms with van der Waals surface area (Å²) in [5.41, 5.74) is 5.93. The van der Waals surface area contributed by atoms with Gasteiger partial charge in [0.15, 0.2) is 0 Å². The first-order valence-corrected chi connectivity index (χ1v) is 5.27. The fraction of sp³-hybridized carbons (Fsp3) is 0.455. The molecule has 5 heteroatoms. The van der Waals surface area contributed by atoms with Gasteiger partial charge >= 0.3 is 0 Å². The summed E-state index contributed by atoms with van der Waals surface area (Å²) in [5, 5.41) is 2.67. The summed E-state index contributed by atoms with van der Waals surface area (Å²) >= 11 is 0. The van der Waals surface area contributed by atoms with Gasteiger partial charge in [-0.25, -0.2) is 4.39 Å². The van der Waals surface area contributed by atoms with E-state index in [0.717, 1.165) is 18.7 Å². The minimum Gasteiger partial charge on any atom is -0.352 e. The summed E-state index contributed by atoms with van der Waals surface area (Å²) in [6.45, 7) is 2.48. The van der Waals surface area contributed by atoms with E-state index in [4.69, 9.17) is 5.73 Å². The van der Waals surface area contributed by atoms with Gasteiger partial charge in [-0.15, -0.1) is 0 Å². The van der Waals surface area contributed by atoms with E-state index < -0.39 is 5.82 Å². The number of halogens is 1. The van der Waals surface area contributed by atoms with Gasteiger partial charge in [0.25, 0.3) is 5.91 Å². The van der Waals surface area contributed by atoms with E-state index in [9.17, 15) is 9.18 Å². The Bertz CT molecular complexity index is 357. The summed E-state index contributed by atoms with van der Waals surface area (Å²) in [4.78, 5) is 15.1. The lowest BCUT2D eigenvalue weighted by atomic mass is 10.1. The van der Waals surface area contributed by atoms with Crippen molar-refractivity contribution in [1.29, 1.82) is 0 Å². The molecule has 0 aliphatic carbocycles. The minimum atomic E-state index is -0.516. The third kappa shape index (κ3) is 3.94. The van der Waals surface area contributed by atoms with Crippen molar-refractivity contribution in [2.75, 3.05) is 6.54 Å². The lowest BCUT2D eigenvalue weighted by Crippen LogP contribution is -2.30. The highest BCUT2D eigenvalue weighted by Crippen LogP contribution is 2.00. The van der Waals surface area contributed by atoms with Gasteiger partial charge in [0.05, 0.1) is 11.8 Å². The van der Waals surface area contributed by atoms with Crippen LogP contribution in [0.25, 0.3) is 0 Å². The molecule has 0 spiro atoms. The fourth-order valence-electron chi connectivity index (χ4n) is 1.21.